The van der Waals surface area contributed by atoms with Crippen molar-refractivity contribution in [2.45, 2.75) is 24.5 Å². The summed E-state index contributed by atoms with van der Waals surface area (Å²) in [5.41, 5.74) is 0. The third kappa shape index (κ3) is 8.46. The summed E-state index contributed by atoms with van der Waals surface area (Å²) in [5, 5.41) is 8.80. The van der Waals surface area contributed by atoms with Crippen LogP contribution in [0, 0.1) is 0 Å². The zero-order valence-corrected chi connectivity index (χ0v) is 9.62. The van der Waals surface area contributed by atoms with Crippen molar-refractivity contribution in [1.29, 1.82) is 0 Å². The van der Waals surface area contributed by atoms with Crippen molar-refractivity contribution in [3.05, 3.63) is 0 Å². The van der Waals surface area contributed by atoms with Gasteiger partial charge in [-0.15, -0.1) is 0 Å². The molecule has 0 aromatic rings. The van der Waals surface area contributed by atoms with Crippen LogP contribution in [0.3, 0.4) is 0 Å². The molecule has 0 aromatic heterocycles. The Morgan fingerprint density at radius 2 is 2.23 bits per heavy atom. The van der Waals surface area contributed by atoms with E-state index in [1.165, 1.54) is 0 Å². The molecule has 0 aliphatic heterocycles. The number of carboxylic acid groups (broad SMARTS) is 1. The summed E-state index contributed by atoms with van der Waals surface area (Å²) < 4.78 is 10.8. The molecule has 0 aromatic carbocycles. The Balaban J connectivity index is 3.57. The van der Waals surface area contributed by atoms with E-state index in [-0.39, 0.29) is 6.42 Å². The highest BCUT2D eigenvalue weighted by Gasteiger charge is 2.11. The van der Waals surface area contributed by atoms with Gasteiger partial charge in [0, 0.05) is 18.1 Å². The molecule has 0 radical (unpaired) electrons. The number of hydrogen-bond donors (Lipinski definition) is 1. The molecule has 1 N–H and O–H groups in total. The summed E-state index contributed by atoms with van der Waals surface area (Å²) >= 11 is 0.893. The van der Waals surface area contributed by atoms with Gasteiger partial charge < -0.3 is 9.66 Å². The summed E-state index contributed by atoms with van der Waals surface area (Å²) in [6.07, 6.45) is 5.37. The van der Waals surface area contributed by atoms with E-state index >= 15 is 0 Å². The summed E-state index contributed by atoms with van der Waals surface area (Å²) in [6, 6.07) is 0. The molecule has 0 fully saturated rings. The van der Waals surface area contributed by atoms with Crippen LogP contribution < -0.4 is 0 Å². The van der Waals surface area contributed by atoms with Crippen molar-refractivity contribution in [1.82, 2.24) is 0 Å². The molecule has 0 saturated carbocycles. The van der Waals surface area contributed by atoms with E-state index in [1.807, 2.05) is 6.26 Å². The van der Waals surface area contributed by atoms with Crippen LogP contribution in [0.5, 0.6) is 0 Å². The second kappa shape index (κ2) is 7.53. The quantitative estimate of drug-likeness (QED) is 0.663. The van der Waals surface area contributed by atoms with E-state index in [9.17, 15) is 9.35 Å². The molecule has 2 atom stereocenters. The number of hydrogen-bond acceptors (Lipinski definition) is 3. The lowest BCUT2D eigenvalue weighted by molar-refractivity contribution is -0.137. The van der Waals surface area contributed by atoms with Crippen molar-refractivity contribution < 1.29 is 14.5 Å². The number of thioether (sulfide) groups is 1. The van der Waals surface area contributed by atoms with Gasteiger partial charge in [-0.1, -0.05) is 11.2 Å². The second-order valence-electron chi connectivity index (χ2n) is 2.86. The van der Waals surface area contributed by atoms with Crippen LogP contribution in [-0.4, -0.2) is 39.1 Å². The maximum atomic E-state index is 10.8. The lowest BCUT2D eigenvalue weighted by Gasteiger charge is -2.13. The van der Waals surface area contributed by atoms with Gasteiger partial charge in [-0.05, 0) is 12.7 Å². The summed E-state index contributed by atoms with van der Waals surface area (Å²) in [6.45, 7) is 0. The molecule has 0 aliphatic carbocycles. The molecule has 0 bridgehead atoms. The molecule has 13 heavy (non-hydrogen) atoms. The van der Waals surface area contributed by atoms with Crippen LogP contribution in [0.25, 0.3) is 0 Å². The maximum Gasteiger partial charge on any atom is 0.303 e. The minimum atomic E-state index is -0.763. The fourth-order valence-electron chi connectivity index (χ4n) is 0.962. The van der Waals surface area contributed by atoms with Crippen LogP contribution in [0.2, 0.25) is 0 Å². The number of carboxylic acids is 1. The summed E-state index contributed by atoms with van der Waals surface area (Å²) in [5.74, 6) is -0.0813. The Labute approximate surface area is 86.5 Å². The predicted octanol–water partition coefficient (Wildman–Crippen LogP) is 1.35. The van der Waals surface area contributed by atoms with Crippen molar-refractivity contribution in [2.75, 3.05) is 18.3 Å². The molecular weight excluding hydrogens is 208 g/mol. The standard InChI is InChI=1S/C8H16O3S2/c1-12-7(3-4-8(9)10)5-6-13(2)11/h7H,3-6H2,1-2H3,(H,9,10). The first-order valence-electron chi connectivity index (χ1n) is 4.11. The minimum absolute atomic E-state index is 0.210. The minimum Gasteiger partial charge on any atom is -0.617 e. The van der Waals surface area contributed by atoms with Crippen molar-refractivity contribution in [3.8, 4) is 0 Å². The summed E-state index contributed by atoms with van der Waals surface area (Å²) in [4.78, 5) is 10.3. The normalized spacial score (nSPS) is 15.3. The second-order valence-corrected chi connectivity index (χ2v) is 5.55. The van der Waals surface area contributed by atoms with E-state index in [1.54, 1.807) is 18.0 Å². The SMILES string of the molecule is CSC(CCC(=O)O)CC[S+](C)[O-]. The van der Waals surface area contributed by atoms with Crippen LogP contribution >= 0.6 is 11.8 Å². The van der Waals surface area contributed by atoms with Crippen LogP contribution in [0.4, 0.5) is 0 Å². The number of rotatable bonds is 7. The van der Waals surface area contributed by atoms with E-state index in [0.29, 0.717) is 17.4 Å². The molecule has 0 rings (SSSR count). The van der Waals surface area contributed by atoms with E-state index < -0.39 is 17.1 Å². The Morgan fingerprint density at radius 3 is 2.62 bits per heavy atom. The fourth-order valence-corrected chi connectivity index (χ4v) is 2.43. The third-order valence-corrected chi connectivity index (χ3v) is 3.69. The van der Waals surface area contributed by atoms with Crippen LogP contribution in [0.15, 0.2) is 0 Å². The van der Waals surface area contributed by atoms with Gasteiger partial charge in [-0.25, -0.2) is 0 Å². The Hall–Kier alpha value is 0.130. The highest BCUT2D eigenvalue weighted by molar-refractivity contribution is 7.99. The van der Waals surface area contributed by atoms with Crippen LogP contribution in [0.1, 0.15) is 19.3 Å². The van der Waals surface area contributed by atoms with Gasteiger partial charge in [-0.3, -0.25) is 4.79 Å². The monoisotopic (exact) mass is 224 g/mol. The largest absolute Gasteiger partial charge is 0.617 e. The fraction of sp³-hybridized carbons (Fsp3) is 0.875. The van der Waals surface area contributed by atoms with Gasteiger partial charge in [0.2, 0.25) is 0 Å². The van der Waals surface area contributed by atoms with E-state index in [0.717, 1.165) is 6.42 Å². The zero-order valence-electron chi connectivity index (χ0n) is 7.99. The predicted molar refractivity (Wildman–Crippen MR) is 57.7 cm³/mol. The molecule has 78 valence electrons. The third-order valence-electron chi connectivity index (χ3n) is 1.74. The molecule has 0 spiro atoms. The Kier molecular flexibility index (Phi) is 7.60. The molecular formula is C8H16O3S2. The van der Waals surface area contributed by atoms with Crippen molar-refractivity contribution in [3.63, 3.8) is 0 Å². The smallest absolute Gasteiger partial charge is 0.303 e. The first kappa shape index (κ1) is 13.1. The Morgan fingerprint density at radius 1 is 1.62 bits per heavy atom. The molecule has 2 unspecified atom stereocenters. The topological polar surface area (TPSA) is 60.4 Å². The van der Waals surface area contributed by atoms with Gasteiger partial charge in [0.25, 0.3) is 0 Å². The average Bonchev–Trinajstić information content (AvgIpc) is 2.04. The van der Waals surface area contributed by atoms with Gasteiger partial charge in [0.15, 0.2) is 0 Å². The maximum absolute atomic E-state index is 10.8. The molecule has 5 heteroatoms. The van der Waals surface area contributed by atoms with E-state index in [4.69, 9.17) is 5.11 Å². The van der Waals surface area contributed by atoms with Crippen LogP contribution in [-0.2, 0) is 16.0 Å². The highest BCUT2D eigenvalue weighted by atomic mass is 32.2. The average molecular weight is 224 g/mol. The van der Waals surface area contributed by atoms with Gasteiger partial charge in [-0.2, -0.15) is 11.8 Å². The molecule has 0 aliphatic rings. The lowest BCUT2D eigenvalue weighted by Crippen LogP contribution is -2.12. The molecule has 0 heterocycles. The van der Waals surface area contributed by atoms with Crippen molar-refractivity contribution in [2.24, 2.45) is 0 Å². The lowest BCUT2D eigenvalue weighted by atomic mass is 10.2. The van der Waals surface area contributed by atoms with Gasteiger partial charge in [0.05, 0.1) is 6.26 Å². The van der Waals surface area contributed by atoms with Gasteiger partial charge >= 0.3 is 5.97 Å². The molecule has 3 nitrogen and oxygen atoms in total. The Bertz CT molecular complexity index is 150. The highest BCUT2D eigenvalue weighted by Crippen LogP contribution is 2.17. The first-order chi connectivity index (χ1) is 6.06. The van der Waals surface area contributed by atoms with Crippen molar-refractivity contribution >= 4 is 28.9 Å². The first-order valence-corrected chi connectivity index (χ1v) is 7.12. The zero-order chi connectivity index (χ0) is 10.3. The number of aliphatic carboxylic acids is 1. The number of carbonyl (C=O) groups is 1. The molecule has 0 saturated heterocycles. The van der Waals surface area contributed by atoms with E-state index in [2.05, 4.69) is 0 Å². The molecule has 0 amide bonds. The summed E-state index contributed by atoms with van der Waals surface area (Å²) in [7, 11) is 0. The van der Waals surface area contributed by atoms with Gasteiger partial charge in [0.1, 0.15) is 5.75 Å².